The maximum absolute atomic E-state index is 3.29. The van der Waals surface area contributed by atoms with Gasteiger partial charge in [0.25, 0.3) is 0 Å². The van der Waals surface area contributed by atoms with Crippen molar-refractivity contribution in [3.63, 3.8) is 0 Å². The Kier molecular flexibility index (Phi) is 1.66. The minimum Gasteiger partial charge on any atom is -0.388 e. The summed E-state index contributed by atoms with van der Waals surface area (Å²) in [7, 11) is 2.01. The van der Waals surface area contributed by atoms with Crippen LogP contribution in [-0.2, 0) is 6.42 Å². The Hall–Kier alpha value is -1.24. The first-order valence-electron chi connectivity index (χ1n) is 5.38. The molecule has 1 nitrogen and oxygen atoms in total. The molecule has 14 heavy (non-hydrogen) atoms. The third-order valence-corrected chi connectivity index (χ3v) is 3.58. The normalized spacial score (nSPS) is 22.9. The molecule has 0 bridgehead atoms. The van der Waals surface area contributed by atoms with Crippen molar-refractivity contribution in [2.45, 2.75) is 19.3 Å². The van der Waals surface area contributed by atoms with Crippen LogP contribution in [-0.4, -0.2) is 7.05 Å². The lowest BCUT2D eigenvalue weighted by Crippen LogP contribution is -2.22. The van der Waals surface area contributed by atoms with E-state index < -0.39 is 0 Å². The lowest BCUT2D eigenvalue weighted by Gasteiger charge is -2.35. The topological polar surface area (TPSA) is 12.0 Å². The fourth-order valence-electron chi connectivity index (χ4n) is 2.59. The van der Waals surface area contributed by atoms with Gasteiger partial charge in [0, 0.05) is 12.7 Å². The number of nitrogens with one attached hydrogen (secondary N) is 1. The number of benzene rings is 1. The summed E-state index contributed by atoms with van der Waals surface area (Å²) in [6, 6.07) is 6.55. The molecule has 1 N–H and O–H groups in total. The highest BCUT2D eigenvalue weighted by Gasteiger charge is 2.29. The van der Waals surface area contributed by atoms with Gasteiger partial charge in [-0.25, -0.2) is 0 Å². The zero-order chi connectivity index (χ0) is 9.54. The van der Waals surface area contributed by atoms with Crippen LogP contribution in [0.5, 0.6) is 0 Å². The predicted octanol–water partition coefficient (Wildman–Crippen LogP) is 3.08. The van der Waals surface area contributed by atoms with Crippen LogP contribution in [0.4, 0.5) is 5.69 Å². The molecule has 0 radical (unpaired) electrons. The second-order valence-electron chi connectivity index (χ2n) is 4.28. The van der Waals surface area contributed by atoms with E-state index in [1.807, 2.05) is 7.05 Å². The Morgan fingerprint density at radius 1 is 1.36 bits per heavy atom. The molecule has 1 unspecified atom stereocenters. The van der Waals surface area contributed by atoms with Gasteiger partial charge in [0.1, 0.15) is 0 Å². The standard InChI is InChI=1S/C13H15N/c1-14-13-4-2-3-11-7-9-5-6-10(9)8-12(11)13/h2-4,7,10,14H,5-6,8H2,1H3. The summed E-state index contributed by atoms with van der Waals surface area (Å²) in [5, 5.41) is 3.29. The highest BCUT2D eigenvalue weighted by molar-refractivity contribution is 5.69. The lowest BCUT2D eigenvalue weighted by atomic mass is 9.71. The van der Waals surface area contributed by atoms with E-state index in [9.17, 15) is 0 Å². The van der Waals surface area contributed by atoms with E-state index in [1.165, 1.54) is 36.1 Å². The molecule has 1 fully saturated rings. The monoisotopic (exact) mass is 185 g/mol. The molecule has 72 valence electrons. The van der Waals surface area contributed by atoms with E-state index in [-0.39, 0.29) is 0 Å². The molecular formula is C13H15N. The molecule has 0 aromatic heterocycles. The molecule has 1 aromatic rings. The van der Waals surface area contributed by atoms with Crippen molar-refractivity contribution >= 4 is 11.8 Å². The first-order valence-corrected chi connectivity index (χ1v) is 5.38. The maximum atomic E-state index is 3.29. The van der Waals surface area contributed by atoms with Gasteiger partial charge in [-0.2, -0.15) is 0 Å². The van der Waals surface area contributed by atoms with Gasteiger partial charge in [-0.3, -0.25) is 0 Å². The van der Waals surface area contributed by atoms with Gasteiger partial charge >= 0.3 is 0 Å². The summed E-state index contributed by atoms with van der Waals surface area (Å²) < 4.78 is 0. The van der Waals surface area contributed by atoms with E-state index in [0.29, 0.717) is 0 Å². The molecule has 0 amide bonds. The van der Waals surface area contributed by atoms with E-state index in [2.05, 4.69) is 29.6 Å². The number of hydrogen-bond acceptors (Lipinski definition) is 1. The SMILES string of the molecule is CNc1cccc2c1CC1CCC1=C2. The Morgan fingerprint density at radius 2 is 2.29 bits per heavy atom. The van der Waals surface area contributed by atoms with Crippen molar-refractivity contribution in [1.82, 2.24) is 0 Å². The van der Waals surface area contributed by atoms with Crippen LogP contribution < -0.4 is 5.32 Å². The van der Waals surface area contributed by atoms with Crippen molar-refractivity contribution in [3.8, 4) is 0 Å². The fraction of sp³-hybridized carbons (Fsp3) is 0.385. The highest BCUT2D eigenvalue weighted by atomic mass is 14.8. The zero-order valence-corrected chi connectivity index (χ0v) is 8.51. The molecule has 1 saturated carbocycles. The molecule has 0 spiro atoms. The third-order valence-electron chi connectivity index (χ3n) is 3.58. The van der Waals surface area contributed by atoms with Crippen LogP contribution in [0.15, 0.2) is 23.8 Å². The zero-order valence-electron chi connectivity index (χ0n) is 8.51. The van der Waals surface area contributed by atoms with Crippen LogP contribution in [0.1, 0.15) is 24.0 Å². The Labute approximate surface area is 84.8 Å². The molecule has 2 aliphatic carbocycles. The second kappa shape index (κ2) is 2.88. The molecule has 1 atom stereocenters. The molecule has 2 aliphatic rings. The Morgan fingerprint density at radius 3 is 3.00 bits per heavy atom. The average molecular weight is 185 g/mol. The van der Waals surface area contributed by atoms with Gasteiger partial charge in [-0.05, 0) is 42.4 Å². The van der Waals surface area contributed by atoms with E-state index in [4.69, 9.17) is 0 Å². The predicted molar refractivity (Wildman–Crippen MR) is 60.4 cm³/mol. The maximum Gasteiger partial charge on any atom is 0.0376 e. The molecule has 3 rings (SSSR count). The minimum absolute atomic E-state index is 0.858. The summed E-state index contributed by atoms with van der Waals surface area (Å²) in [6.07, 6.45) is 6.36. The largest absolute Gasteiger partial charge is 0.388 e. The Balaban J connectivity index is 2.12. The summed E-state index contributed by atoms with van der Waals surface area (Å²) in [4.78, 5) is 0. The number of anilines is 1. The smallest absolute Gasteiger partial charge is 0.0376 e. The quantitative estimate of drug-likeness (QED) is 0.709. The summed E-state index contributed by atoms with van der Waals surface area (Å²) >= 11 is 0. The molecule has 0 heterocycles. The summed E-state index contributed by atoms with van der Waals surface area (Å²) in [6.45, 7) is 0. The molecule has 0 saturated heterocycles. The van der Waals surface area contributed by atoms with Gasteiger partial charge in [-0.1, -0.05) is 23.8 Å². The van der Waals surface area contributed by atoms with Crippen molar-refractivity contribution in [1.29, 1.82) is 0 Å². The van der Waals surface area contributed by atoms with E-state index in [1.54, 1.807) is 5.57 Å². The van der Waals surface area contributed by atoms with Crippen LogP contribution in [0, 0.1) is 5.92 Å². The van der Waals surface area contributed by atoms with Gasteiger partial charge in [0.15, 0.2) is 0 Å². The number of fused-ring (bicyclic) bond motifs is 2. The highest BCUT2D eigenvalue weighted by Crippen LogP contribution is 2.43. The summed E-state index contributed by atoms with van der Waals surface area (Å²) in [5.41, 5.74) is 5.93. The number of allylic oxidation sites excluding steroid dienone is 1. The van der Waals surface area contributed by atoms with E-state index >= 15 is 0 Å². The second-order valence-corrected chi connectivity index (χ2v) is 4.28. The number of hydrogen-bond donors (Lipinski definition) is 1. The van der Waals surface area contributed by atoms with Crippen molar-refractivity contribution < 1.29 is 0 Å². The Bertz CT molecular complexity index is 404. The molecule has 1 aromatic carbocycles. The van der Waals surface area contributed by atoms with Gasteiger partial charge < -0.3 is 5.32 Å². The van der Waals surface area contributed by atoms with Crippen molar-refractivity contribution in [2.75, 3.05) is 12.4 Å². The summed E-state index contributed by atoms with van der Waals surface area (Å²) in [5.74, 6) is 0.858. The lowest BCUT2D eigenvalue weighted by molar-refractivity contribution is 0.440. The average Bonchev–Trinajstić information content (AvgIpc) is 2.20. The first-order chi connectivity index (χ1) is 6.88. The van der Waals surface area contributed by atoms with Gasteiger partial charge in [0.2, 0.25) is 0 Å². The molecular weight excluding hydrogens is 170 g/mol. The number of rotatable bonds is 1. The van der Waals surface area contributed by atoms with Gasteiger partial charge in [-0.15, -0.1) is 0 Å². The third kappa shape index (κ3) is 1.02. The molecule has 1 heteroatoms. The van der Waals surface area contributed by atoms with Crippen molar-refractivity contribution in [3.05, 3.63) is 34.9 Å². The van der Waals surface area contributed by atoms with E-state index in [0.717, 1.165) is 5.92 Å². The van der Waals surface area contributed by atoms with Gasteiger partial charge in [0.05, 0.1) is 0 Å². The first kappa shape index (κ1) is 8.10. The van der Waals surface area contributed by atoms with Crippen molar-refractivity contribution in [2.24, 2.45) is 5.92 Å². The van der Waals surface area contributed by atoms with Crippen LogP contribution in [0.3, 0.4) is 0 Å². The van der Waals surface area contributed by atoms with Crippen LogP contribution >= 0.6 is 0 Å². The minimum atomic E-state index is 0.858. The fourth-order valence-corrected chi connectivity index (χ4v) is 2.59. The molecule has 0 aliphatic heterocycles. The van der Waals surface area contributed by atoms with Crippen LogP contribution in [0.25, 0.3) is 6.08 Å². The van der Waals surface area contributed by atoms with Crippen LogP contribution in [0.2, 0.25) is 0 Å².